The zero-order valence-corrected chi connectivity index (χ0v) is 12.2. The highest BCUT2D eigenvalue weighted by atomic mass is 79.9. The fraction of sp³-hybridized carbons (Fsp3) is 0.143. The number of ether oxygens (including phenoxy) is 1. The van der Waals surface area contributed by atoms with Crippen molar-refractivity contribution in [2.45, 2.75) is 12.8 Å². The summed E-state index contributed by atoms with van der Waals surface area (Å²) < 4.78 is 6.39. The first-order valence-electron chi connectivity index (χ1n) is 5.99. The molecule has 3 N–H and O–H groups in total. The number of benzene rings is 1. The molecule has 1 atom stereocenters. The van der Waals surface area contributed by atoms with Gasteiger partial charge in [-0.05, 0) is 24.6 Å². The number of fused-ring (bicyclic) bond motifs is 1. The summed E-state index contributed by atoms with van der Waals surface area (Å²) in [5.41, 5.74) is 8.88. The standard InChI is InChI=1S/C14H11BrN4O/c1-7-11-12(8-3-2-4-9(15)5-8)10(6-16)13(17)20-14(11)19-18-7/h2-5,12H,17H2,1H3,(H,18,19). The largest absolute Gasteiger partial charge is 0.422 e. The number of halogens is 1. The number of aromatic nitrogens is 2. The fourth-order valence-corrected chi connectivity index (χ4v) is 2.84. The Kier molecular flexibility index (Phi) is 2.99. The molecular formula is C14H11BrN4O. The van der Waals surface area contributed by atoms with Gasteiger partial charge in [-0.2, -0.15) is 10.4 Å². The van der Waals surface area contributed by atoms with Crippen LogP contribution >= 0.6 is 15.9 Å². The lowest BCUT2D eigenvalue weighted by atomic mass is 9.84. The van der Waals surface area contributed by atoms with Gasteiger partial charge in [0, 0.05) is 4.47 Å². The predicted octanol–water partition coefficient (Wildman–Crippen LogP) is 2.70. The van der Waals surface area contributed by atoms with E-state index in [1.165, 1.54) is 0 Å². The molecule has 1 aromatic heterocycles. The zero-order valence-electron chi connectivity index (χ0n) is 10.6. The highest BCUT2D eigenvalue weighted by molar-refractivity contribution is 9.10. The van der Waals surface area contributed by atoms with Crippen molar-refractivity contribution in [3.63, 3.8) is 0 Å². The van der Waals surface area contributed by atoms with E-state index in [2.05, 4.69) is 32.2 Å². The summed E-state index contributed by atoms with van der Waals surface area (Å²) in [6.07, 6.45) is 0. The van der Waals surface area contributed by atoms with E-state index in [0.29, 0.717) is 11.5 Å². The zero-order chi connectivity index (χ0) is 14.3. The summed E-state index contributed by atoms with van der Waals surface area (Å²) in [6, 6.07) is 9.94. The summed E-state index contributed by atoms with van der Waals surface area (Å²) in [4.78, 5) is 0. The molecule has 100 valence electrons. The Bertz CT molecular complexity index is 757. The van der Waals surface area contributed by atoms with Gasteiger partial charge in [0.15, 0.2) is 0 Å². The number of aromatic amines is 1. The molecule has 5 nitrogen and oxygen atoms in total. The second kappa shape index (κ2) is 4.69. The number of allylic oxidation sites excluding steroid dienone is 1. The molecule has 1 aromatic carbocycles. The van der Waals surface area contributed by atoms with Gasteiger partial charge in [-0.1, -0.05) is 28.1 Å². The van der Waals surface area contributed by atoms with Gasteiger partial charge in [0.1, 0.15) is 11.6 Å². The van der Waals surface area contributed by atoms with E-state index in [1.54, 1.807) is 0 Å². The molecule has 0 radical (unpaired) electrons. The van der Waals surface area contributed by atoms with Crippen molar-refractivity contribution in [3.8, 4) is 11.9 Å². The highest BCUT2D eigenvalue weighted by Crippen LogP contribution is 2.42. The van der Waals surface area contributed by atoms with E-state index >= 15 is 0 Å². The van der Waals surface area contributed by atoms with Gasteiger partial charge in [0.05, 0.1) is 17.2 Å². The van der Waals surface area contributed by atoms with Crippen molar-refractivity contribution >= 4 is 15.9 Å². The topological polar surface area (TPSA) is 87.7 Å². The van der Waals surface area contributed by atoms with Gasteiger partial charge in [-0.25, -0.2) is 5.10 Å². The molecule has 2 heterocycles. The van der Waals surface area contributed by atoms with Crippen LogP contribution in [-0.2, 0) is 0 Å². The van der Waals surface area contributed by atoms with Crippen molar-refractivity contribution in [1.29, 1.82) is 5.26 Å². The molecule has 0 amide bonds. The number of H-pyrrole nitrogens is 1. The smallest absolute Gasteiger partial charge is 0.221 e. The number of hydrogen-bond donors (Lipinski definition) is 2. The summed E-state index contributed by atoms with van der Waals surface area (Å²) in [5, 5.41) is 16.4. The third-order valence-corrected chi connectivity index (χ3v) is 3.81. The van der Waals surface area contributed by atoms with Crippen LogP contribution < -0.4 is 10.5 Å². The Balaban J connectivity index is 2.25. The fourth-order valence-electron chi connectivity index (χ4n) is 2.43. The van der Waals surface area contributed by atoms with Gasteiger partial charge in [-0.3, -0.25) is 0 Å². The Morgan fingerprint density at radius 1 is 1.50 bits per heavy atom. The maximum Gasteiger partial charge on any atom is 0.221 e. The summed E-state index contributed by atoms with van der Waals surface area (Å²) in [6.45, 7) is 1.88. The van der Waals surface area contributed by atoms with Gasteiger partial charge in [-0.15, -0.1) is 0 Å². The van der Waals surface area contributed by atoms with Crippen LogP contribution in [0.3, 0.4) is 0 Å². The van der Waals surface area contributed by atoms with Crippen LogP contribution in [0.15, 0.2) is 40.2 Å². The molecule has 2 aromatic rings. The number of hydrogen-bond acceptors (Lipinski definition) is 4. The normalized spacial score (nSPS) is 17.4. The van der Waals surface area contributed by atoms with Gasteiger partial charge < -0.3 is 10.5 Å². The number of nitrogens with two attached hydrogens (primary N) is 1. The minimum Gasteiger partial charge on any atom is -0.422 e. The lowest BCUT2D eigenvalue weighted by Crippen LogP contribution is -2.21. The number of aryl methyl sites for hydroxylation is 1. The molecule has 1 unspecified atom stereocenters. The first kappa shape index (κ1) is 12.8. The van der Waals surface area contributed by atoms with Crippen LogP contribution in [0.25, 0.3) is 0 Å². The molecule has 0 spiro atoms. The van der Waals surface area contributed by atoms with E-state index in [9.17, 15) is 5.26 Å². The summed E-state index contributed by atoms with van der Waals surface area (Å²) in [7, 11) is 0. The number of nitrogens with zero attached hydrogens (tertiary/aromatic N) is 2. The van der Waals surface area contributed by atoms with Crippen molar-refractivity contribution < 1.29 is 4.74 Å². The second-order valence-electron chi connectivity index (χ2n) is 4.53. The maximum atomic E-state index is 9.41. The SMILES string of the molecule is Cc1n[nH]c2c1C(c1cccc(Br)c1)C(C#N)=C(N)O2. The number of rotatable bonds is 1. The van der Waals surface area contributed by atoms with Crippen molar-refractivity contribution in [2.24, 2.45) is 5.73 Å². The van der Waals surface area contributed by atoms with E-state index in [-0.39, 0.29) is 11.8 Å². The minimum atomic E-state index is -0.264. The van der Waals surface area contributed by atoms with Gasteiger partial charge >= 0.3 is 0 Å². The van der Waals surface area contributed by atoms with Crippen LogP contribution in [0.1, 0.15) is 22.7 Å². The Morgan fingerprint density at radius 2 is 2.30 bits per heavy atom. The van der Waals surface area contributed by atoms with Crippen LogP contribution in [0, 0.1) is 18.3 Å². The second-order valence-corrected chi connectivity index (χ2v) is 5.45. The minimum absolute atomic E-state index is 0.119. The van der Waals surface area contributed by atoms with Crippen molar-refractivity contribution in [3.05, 3.63) is 57.0 Å². The quantitative estimate of drug-likeness (QED) is 0.841. The Morgan fingerprint density at radius 3 is 3.00 bits per heavy atom. The van der Waals surface area contributed by atoms with E-state index in [0.717, 1.165) is 21.3 Å². The van der Waals surface area contributed by atoms with Gasteiger partial charge in [0.25, 0.3) is 0 Å². The predicted molar refractivity (Wildman–Crippen MR) is 76.8 cm³/mol. The summed E-state index contributed by atoms with van der Waals surface area (Å²) in [5.74, 6) is 0.359. The highest BCUT2D eigenvalue weighted by Gasteiger charge is 2.33. The lowest BCUT2D eigenvalue weighted by Gasteiger charge is -2.23. The van der Waals surface area contributed by atoms with Crippen molar-refractivity contribution in [1.82, 2.24) is 10.2 Å². The van der Waals surface area contributed by atoms with Crippen LogP contribution in [-0.4, -0.2) is 10.2 Å². The molecule has 20 heavy (non-hydrogen) atoms. The summed E-state index contributed by atoms with van der Waals surface area (Å²) >= 11 is 3.45. The van der Waals surface area contributed by atoms with Crippen molar-refractivity contribution in [2.75, 3.05) is 0 Å². The molecule has 0 saturated heterocycles. The van der Waals surface area contributed by atoms with E-state index in [4.69, 9.17) is 10.5 Å². The van der Waals surface area contributed by atoms with E-state index < -0.39 is 0 Å². The molecule has 0 aliphatic carbocycles. The van der Waals surface area contributed by atoms with Gasteiger partial charge in [0.2, 0.25) is 11.8 Å². The maximum absolute atomic E-state index is 9.41. The molecule has 0 bridgehead atoms. The molecule has 1 aliphatic rings. The first-order valence-corrected chi connectivity index (χ1v) is 6.79. The molecule has 3 rings (SSSR count). The van der Waals surface area contributed by atoms with E-state index in [1.807, 2.05) is 31.2 Å². The van der Waals surface area contributed by atoms with Crippen LogP contribution in [0.5, 0.6) is 5.88 Å². The lowest BCUT2D eigenvalue weighted by molar-refractivity contribution is 0.379. The molecule has 6 heteroatoms. The third kappa shape index (κ3) is 1.87. The van der Waals surface area contributed by atoms with Crippen LogP contribution in [0.4, 0.5) is 0 Å². The molecule has 0 fully saturated rings. The number of nitriles is 1. The third-order valence-electron chi connectivity index (χ3n) is 3.32. The molecular weight excluding hydrogens is 320 g/mol. The van der Waals surface area contributed by atoms with Crippen LogP contribution in [0.2, 0.25) is 0 Å². The average molecular weight is 331 g/mol. The monoisotopic (exact) mass is 330 g/mol. The number of nitrogens with one attached hydrogen (secondary N) is 1. The average Bonchev–Trinajstić information content (AvgIpc) is 2.78. The molecule has 1 aliphatic heterocycles. The first-order chi connectivity index (χ1) is 9.61. The Hall–Kier alpha value is -2.26. The molecule has 0 saturated carbocycles. The Labute approximate surface area is 124 Å².